The first-order chi connectivity index (χ1) is 8.39. The molecule has 1 atom stereocenters. The molecule has 0 fully saturated rings. The molecule has 0 bridgehead atoms. The van der Waals surface area contributed by atoms with Crippen molar-refractivity contribution in [3.63, 3.8) is 0 Å². The maximum absolute atomic E-state index is 11.1. The number of benzene rings is 1. The van der Waals surface area contributed by atoms with Gasteiger partial charge in [0.2, 0.25) is 5.91 Å². The van der Waals surface area contributed by atoms with Gasteiger partial charge in [0.25, 0.3) is 0 Å². The van der Waals surface area contributed by atoms with Crippen molar-refractivity contribution in [2.24, 2.45) is 5.73 Å². The van der Waals surface area contributed by atoms with Gasteiger partial charge in [-0.3, -0.25) is 14.9 Å². The smallest absolute Gasteiger partial charge is 0.323 e. The van der Waals surface area contributed by atoms with Crippen LogP contribution in [0.25, 0.3) is 0 Å². The Kier molecular flexibility index (Phi) is 4.44. The van der Waals surface area contributed by atoms with Gasteiger partial charge in [-0.25, -0.2) is 0 Å². The highest BCUT2D eigenvalue weighted by Gasteiger charge is 2.29. The van der Waals surface area contributed by atoms with Crippen LogP contribution in [0.15, 0.2) is 24.3 Å². The van der Waals surface area contributed by atoms with Crippen molar-refractivity contribution >= 4 is 11.9 Å². The molecule has 0 radical (unpaired) electrons. The first-order valence-corrected chi connectivity index (χ1v) is 5.76. The lowest BCUT2D eigenvalue weighted by molar-refractivity contribution is -0.144. The Morgan fingerprint density at radius 2 is 2.11 bits per heavy atom. The van der Waals surface area contributed by atoms with Crippen LogP contribution in [0.3, 0.4) is 0 Å². The molecule has 0 aliphatic rings. The fourth-order valence-electron chi connectivity index (χ4n) is 1.48. The third kappa shape index (κ3) is 3.30. The number of hydrogen-bond acceptors (Lipinski definition) is 3. The molecule has 0 aliphatic carbocycles. The molecule has 1 aromatic rings. The minimum Gasteiger partial charge on any atom is -0.480 e. The van der Waals surface area contributed by atoms with E-state index >= 15 is 0 Å². The van der Waals surface area contributed by atoms with Crippen LogP contribution in [0.1, 0.15) is 36.2 Å². The molecule has 1 amide bonds. The zero-order valence-corrected chi connectivity index (χ0v) is 10.6. The van der Waals surface area contributed by atoms with Crippen molar-refractivity contribution in [2.75, 3.05) is 0 Å². The summed E-state index contributed by atoms with van der Waals surface area (Å²) in [6, 6.07) is 6.83. The Balaban J connectivity index is 2.77. The van der Waals surface area contributed by atoms with Crippen molar-refractivity contribution in [1.82, 2.24) is 5.32 Å². The summed E-state index contributed by atoms with van der Waals surface area (Å²) < 4.78 is 0. The zero-order chi connectivity index (χ0) is 13.8. The number of rotatable bonds is 6. The van der Waals surface area contributed by atoms with Crippen LogP contribution in [-0.2, 0) is 11.3 Å². The molecule has 0 aromatic heterocycles. The van der Waals surface area contributed by atoms with Gasteiger partial charge in [-0.05, 0) is 31.0 Å². The zero-order valence-electron chi connectivity index (χ0n) is 10.6. The van der Waals surface area contributed by atoms with Crippen LogP contribution in [0.4, 0.5) is 0 Å². The summed E-state index contributed by atoms with van der Waals surface area (Å²) in [7, 11) is 0. The molecule has 1 aromatic carbocycles. The maximum atomic E-state index is 11.1. The van der Waals surface area contributed by atoms with Crippen molar-refractivity contribution in [3.8, 4) is 0 Å². The molecule has 0 saturated carbocycles. The lowest BCUT2D eigenvalue weighted by Crippen LogP contribution is -2.48. The second-order valence-electron chi connectivity index (χ2n) is 4.41. The van der Waals surface area contributed by atoms with Gasteiger partial charge in [-0.1, -0.05) is 19.1 Å². The van der Waals surface area contributed by atoms with E-state index in [0.717, 1.165) is 5.56 Å². The molecule has 4 N–H and O–H groups in total. The SMILES string of the molecule is CCC(C)(NCc1cccc(C(N)=O)c1)C(=O)O. The minimum absolute atomic E-state index is 0.373. The van der Waals surface area contributed by atoms with Gasteiger partial charge in [0.1, 0.15) is 5.54 Å². The molecule has 5 heteroatoms. The second kappa shape index (κ2) is 5.64. The second-order valence-corrected chi connectivity index (χ2v) is 4.41. The standard InChI is InChI=1S/C13H18N2O3/c1-3-13(2,12(17)18)15-8-9-5-4-6-10(7-9)11(14)16/h4-7,15H,3,8H2,1-2H3,(H2,14,16)(H,17,18). The molecule has 0 heterocycles. The lowest BCUT2D eigenvalue weighted by atomic mass is 9.98. The van der Waals surface area contributed by atoms with E-state index < -0.39 is 17.4 Å². The van der Waals surface area contributed by atoms with E-state index in [2.05, 4.69) is 5.32 Å². The van der Waals surface area contributed by atoms with Crippen molar-refractivity contribution in [2.45, 2.75) is 32.4 Å². The maximum Gasteiger partial charge on any atom is 0.323 e. The number of carbonyl (C=O) groups is 2. The monoisotopic (exact) mass is 250 g/mol. The topological polar surface area (TPSA) is 92.4 Å². The number of hydrogen-bond donors (Lipinski definition) is 3. The number of carboxylic acid groups (broad SMARTS) is 1. The van der Waals surface area contributed by atoms with E-state index in [-0.39, 0.29) is 0 Å². The summed E-state index contributed by atoms with van der Waals surface area (Å²) >= 11 is 0. The predicted octanol–water partition coefficient (Wildman–Crippen LogP) is 1.13. The van der Waals surface area contributed by atoms with E-state index in [1.165, 1.54) is 0 Å². The van der Waals surface area contributed by atoms with E-state index in [9.17, 15) is 9.59 Å². The van der Waals surface area contributed by atoms with E-state index in [1.54, 1.807) is 32.0 Å². The summed E-state index contributed by atoms with van der Waals surface area (Å²) in [6.45, 7) is 3.81. The fourth-order valence-corrected chi connectivity index (χ4v) is 1.48. The summed E-state index contributed by atoms with van der Waals surface area (Å²) in [5.41, 5.74) is 5.46. The minimum atomic E-state index is -0.970. The molecule has 0 aliphatic heterocycles. The first-order valence-electron chi connectivity index (χ1n) is 5.76. The van der Waals surface area contributed by atoms with Crippen LogP contribution < -0.4 is 11.1 Å². The fraction of sp³-hybridized carbons (Fsp3) is 0.385. The molecule has 98 valence electrons. The van der Waals surface area contributed by atoms with Gasteiger partial charge in [0.05, 0.1) is 0 Å². The number of carbonyl (C=O) groups excluding carboxylic acids is 1. The predicted molar refractivity (Wildman–Crippen MR) is 68.1 cm³/mol. The van der Waals surface area contributed by atoms with Crippen LogP contribution in [0, 0.1) is 0 Å². The summed E-state index contributed by atoms with van der Waals surface area (Å²) in [5, 5.41) is 12.1. The largest absolute Gasteiger partial charge is 0.480 e. The highest BCUT2D eigenvalue weighted by Crippen LogP contribution is 2.12. The first kappa shape index (κ1) is 14.2. The number of nitrogens with two attached hydrogens (primary N) is 1. The van der Waals surface area contributed by atoms with Gasteiger partial charge in [-0.15, -0.1) is 0 Å². The third-order valence-electron chi connectivity index (χ3n) is 3.07. The number of aliphatic carboxylic acids is 1. The molecule has 1 unspecified atom stereocenters. The van der Waals surface area contributed by atoms with Crippen LogP contribution in [-0.4, -0.2) is 22.5 Å². The molecular weight excluding hydrogens is 232 g/mol. The quantitative estimate of drug-likeness (QED) is 0.705. The third-order valence-corrected chi connectivity index (χ3v) is 3.07. The highest BCUT2D eigenvalue weighted by atomic mass is 16.4. The molecule has 0 saturated heterocycles. The lowest BCUT2D eigenvalue weighted by Gasteiger charge is -2.24. The summed E-state index contributed by atoms with van der Waals surface area (Å²) in [5.74, 6) is -1.38. The highest BCUT2D eigenvalue weighted by molar-refractivity contribution is 5.92. The van der Waals surface area contributed by atoms with Crippen molar-refractivity contribution < 1.29 is 14.7 Å². The Bertz CT molecular complexity index is 459. The summed E-state index contributed by atoms with van der Waals surface area (Å²) in [4.78, 5) is 22.1. The van der Waals surface area contributed by atoms with Gasteiger partial charge in [0.15, 0.2) is 0 Å². The van der Waals surface area contributed by atoms with Gasteiger partial charge in [0, 0.05) is 12.1 Å². The van der Waals surface area contributed by atoms with E-state index in [0.29, 0.717) is 18.5 Å². The number of primary amides is 1. The van der Waals surface area contributed by atoms with E-state index in [4.69, 9.17) is 10.8 Å². The number of amides is 1. The van der Waals surface area contributed by atoms with Gasteiger partial charge < -0.3 is 10.8 Å². The van der Waals surface area contributed by atoms with Gasteiger partial charge in [-0.2, -0.15) is 0 Å². The average Bonchev–Trinajstić information content (AvgIpc) is 2.36. The Labute approximate surface area is 106 Å². The molecule has 5 nitrogen and oxygen atoms in total. The number of carboxylic acids is 1. The molecular formula is C13H18N2O3. The normalized spacial score (nSPS) is 13.9. The molecule has 1 rings (SSSR count). The van der Waals surface area contributed by atoms with Crippen molar-refractivity contribution in [1.29, 1.82) is 0 Å². The van der Waals surface area contributed by atoms with E-state index in [1.807, 2.05) is 6.07 Å². The Morgan fingerprint density at radius 3 is 2.61 bits per heavy atom. The Morgan fingerprint density at radius 1 is 1.44 bits per heavy atom. The Hall–Kier alpha value is -1.88. The molecule has 18 heavy (non-hydrogen) atoms. The van der Waals surface area contributed by atoms with Gasteiger partial charge >= 0.3 is 5.97 Å². The number of nitrogens with one attached hydrogen (secondary N) is 1. The summed E-state index contributed by atoms with van der Waals surface area (Å²) in [6.07, 6.45) is 0.470. The van der Waals surface area contributed by atoms with Crippen LogP contribution in [0.5, 0.6) is 0 Å². The van der Waals surface area contributed by atoms with Crippen LogP contribution >= 0.6 is 0 Å². The van der Waals surface area contributed by atoms with Crippen LogP contribution in [0.2, 0.25) is 0 Å². The molecule has 0 spiro atoms. The average molecular weight is 250 g/mol. The van der Waals surface area contributed by atoms with Crippen molar-refractivity contribution in [3.05, 3.63) is 35.4 Å².